The van der Waals surface area contributed by atoms with Crippen LogP contribution in [0, 0.1) is 0 Å². The molecule has 1 atom stereocenters. The van der Waals surface area contributed by atoms with Crippen molar-refractivity contribution in [2.75, 3.05) is 6.61 Å². The Kier molecular flexibility index (Phi) is 2.42. The maximum atomic E-state index is 11.1. The lowest BCUT2D eigenvalue weighted by Gasteiger charge is -2.22. The number of hydrogen-bond acceptors (Lipinski definition) is 3. The summed E-state index contributed by atoms with van der Waals surface area (Å²) in [7, 11) is 0. The predicted molar refractivity (Wildman–Crippen MR) is 62.2 cm³/mol. The van der Waals surface area contributed by atoms with Crippen LogP contribution in [0.1, 0.15) is 11.7 Å². The summed E-state index contributed by atoms with van der Waals surface area (Å²) in [6, 6.07) is 9.93. The van der Waals surface area contributed by atoms with Gasteiger partial charge in [-0.3, -0.25) is 4.79 Å². The van der Waals surface area contributed by atoms with E-state index in [1.165, 1.54) is 12.2 Å². The van der Waals surface area contributed by atoms with E-state index in [9.17, 15) is 4.79 Å². The topological polar surface area (TPSA) is 35.5 Å². The number of carbonyl (C=O) groups excluding carboxylic acids is 1. The average molecular weight is 228 g/mol. The Hall–Kier alpha value is -1.71. The molecule has 1 unspecified atom stereocenters. The van der Waals surface area contributed by atoms with Crippen molar-refractivity contribution >= 4 is 5.78 Å². The van der Waals surface area contributed by atoms with Crippen LogP contribution in [-0.4, -0.2) is 18.2 Å². The molecular weight excluding hydrogens is 216 g/mol. The van der Waals surface area contributed by atoms with Crippen molar-refractivity contribution in [1.29, 1.82) is 0 Å². The molecule has 86 valence electrons. The van der Waals surface area contributed by atoms with Gasteiger partial charge in [-0.25, -0.2) is 0 Å². The maximum Gasteiger partial charge on any atom is 0.209 e. The molecule has 1 aliphatic carbocycles. The van der Waals surface area contributed by atoms with Gasteiger partial charge in [0.1, 0.15) is 6.10 Å². The minimum Gasteiger partial charge on any atom is -0.340 e. The van der Waals surface area contributed by atoms with E-state index in [0.29, 0.717) is 6.61 Å². The Morgan fingerprint density at radius 3 is 2.53 bits per heavy atom. The van der Waals surface area contributed by atoms with Gasteiger partial charge in [-0.2, -0.15) is 0 Å². The lowest BCUT2D eigenvalue weighted by atomic mass is 10.1. The summed E-state index contributed by atoms with van der Waals surface area (Å²) in [6.45, 7) is 0.493. The first kappa shape index (κ1) is 10.4. The molecule has 1 aromatic carbocycles. The largest absolute Gasteiger partial charge is 0.340 e. The average Bonchev–Trinajstić information content (AvgIpc) is 2.79. The summed E-state index contributed by atoms with van der Waals surface area (Å²) in [6.07, 6.45) is 6.20. The summed E-state index contributed by atoms with van der Waals surface area (Å²) in [5, 5.41) is 0. The smallest absolute Gasteiger partial charge is 0.209 e. The van der Waals surface area contributed by atoms with Crippen LogP contribution in [0.3, 0.4) is 0 Å². The van der Waals surface area contributed by atoms with Crippen LogP contribution in [0.5, 0.6) is 0 Å². The summed E-state index contributed by atoms with van der Waals surface area (Å²) in [4.78, 5) is 11.1. The van der Waals surface area contributed by atoms with Gasteiger partial charge in [0.25, 0.3) is 0 Å². The standard InChI is InChI=1S/C14H12O3/c15-12-6-8-14(9-7-12)16-10-13(17-14)11-4-2-1-3-5-11/h1-9,13H,10H2. The van der Waals surface area contributed by atoms with E-state index in [1.807, 2.05) is 30.3 Å². The van der Waals surface area contributed by atoms with Gasteiger partial charge >= 0.3 is 0 Å². The second-order valence-electron chi connectivity index (χ2n) is 4.12. The highest BCUT2D eigenvalue weighted by Crippen LogP contribution is 2.36. The Bertz CT molecular complexity index is 471. The van der Waals surface area contributed by atoms with Crippen LogP contribution in [0.25, 0.3) is 0 Å². The van der Waals surface area contributed by atoms with Crippen LogP contribution in [0.15, 0.2) is 54.6 Å². The number of ketones is 1. The summed E-state index contributed by atoms with van der Waals surface area (Å²) >= 11 is 0. The van der Waals surface area contributed by atoms with Gasteiger partial charge in [0.2, 0.25) is 5.79 Å². The third-order valence-electron chi connectivity index (χ3n) is 2.92. The first-order valence-corrected chi connectivity index (χ1v) is 5.57. The molecule has 0 amide bonds. The molecule has 2 aliphatic rings. The van der Waals surface area contributed by atoms with E-state index in [2.05, 4.69) is 0 Å². The summed E-state index contributed by atoms with van der Waals surface area (Å²) in [5.41, 5.74) is 1.09. The van der Waals surface area contributed by atoms with Gasteiger partial charge in [-0.1, -0.05) is 30.3 Å². The first-order chi connectivity index (χ1) is 8.27. The Labute approximate surface area is 99.3 Å². The Morgan fingerprint density at radius 2 is 1.82 bits per heavy atom. The minimum atomic E-state index is -0.853. The molecule has 1 heterocycles. The molecule has 3 heteroatoms. The monoisotopic (exact) mass is 228 g/mol. The summed E-state index contributed by atoms with van der Waals surface area (Å²) in [5.74, 6) is -0.889. The quantitative estimate of drug-likeness (QED) is 0.739. The van der Waals surface area contributed by atoms with E-state index in [-0.39, 0.29) is 11.9 Å². The van der Waals surface area contributed by atoms with Gasteiger partial charge in [0.15, 0.2) is 5.78 Å². The number of rotatable bonds is 1. The van der Waals surface area contributed by atoms with Gasteiger partial charge in [-0.15, -0.1) is 0 Å². The second kappa shape index (κ2) is 3.95. The van der Waals surface area contributed by atoms with E-state index < -0.39 is 5.79 Å². The molecule has 0 aromatic heterocycles. The van der Waals surface area contributed by atoms with Crippen molar-refractivity contribution < 1.29 is 14.3 Å². The number of ether oxygens (including phenoxy) is 2. The molecule has 1 aromatic rings. The fraction of sp³-hybridized carbons (Fsp3) is 0.214. The van der Waals surface area contributed by atoms with E-state index >= 15 is 0 Å². The molecule has 3 nitrogen and oxygen atoms in total. The zero-order chi connectivity index (χ0) is 11.7. The van der Waals surface area contributed by atoms with Gasteiger partial charge in [0.05, 0.1) is 6.61 Å². The fourth-order valence-corrected chi connectivity index (χ4v) is 2.01. The van der Waals surface area contributed by atoms with Gasteiger partial charge < -0.3 is 9.47 Å². The third-order valence-corrected chi connectivity index (χ3v) is 2.92. The lowest BCUT2D eigenvalue weighted by Crippen LogP contribution is -2.27. The highest BCUT2D eigenvalue weighted by atomic mass is 16.7. The second-order valence-corrected chi connectivity index (χ2v) is 4.12. The highest BCUT2D eigenvalue weighted by molar-refractivity contribution is 6.00. The zero-order valence-electron chi connectivity index (χ0n) is 9.21. The number of carbonyl (C=O) groups is 1. The Balaban J connectivity index is 1.81. The lowest BCUT2D eigenvalue weighted by molar-refractivity contribution is -0.113. The molecule has 1 saturated heterocycles. The van der Waals surface area contributed by atoms with E-state index in [0.717, 1.165) is 5.56 Å². The molecule has 1 fully saturated rings. The molecule has 3 rings (SSSR count). The molecule has 0 saturated carbocycles. The molecular formula is C14H12O3. The highest BCUT2D eigenvalue weighted by Gasteiger charge is 2.39. The van der Waals surface area contributed by atoms with E-state index in [1.54, 1.807) is 12.2 Å². The molecule has 17 heavy (non-hydrogen) atoms. The van der Waals surface area contributed by atoms with Crippen LogP contribution < -0.4 is 0 Å². The minimum absolute atomic E-state index is 0.0361. The van der Waals surface area contributed by atoms with Crippen molar-refractivity contribution in [3.63, 3.8) is 0 Å². The zero-order valence-corrected chi connectivity index (χ0v) is 9.21. The third kappa shape index (κ3) is 1.95. The van der Waals surface area contributed by atoms with Crippen LogP contribution in [0.4, 0.5) is 0 Å². The van der Waals surface area contributed by atoms with Crippen LogP contribution in [-0.2, 0) is 14.3 Å². The normalized spacial score (nSPS) is 25.6. The predicted octanol–water partition coefficient (Wildman–Crippen LogP) is 2.17. The van der Waals surface area contributed by atoms with Crippen LogP contribution >= 0.6 is 0 Å². The number of allylic oxidation sites excluding steroid dienone is 2. The molecule has 0 bridgehead atoms. The SMILES string of the molecule is O=C1C=CC2(C=C1)OCC(c1ccccc1)O2. The van der Waals surface area contributed by atoms with Crippen molar-refractivity contribution in [1.82, 2.24) is 0 Å². The Morgan fingerprint density at radius 1 is 1.12 bits per heavy atom. The number of hydrogen-bond donors (Lipinski definition) is 0. The fourth-order valence-electron chi connectivity index (χ4n) is 2.01. The number of benzene rings is 1. The molecule has 0 N–H and O–H groups in total. The molecule has 0 radical (unpaired) electrons. The van der Waals surface area contributed by atoms with Crippen molar-refractivity contribution in [2.45, 2.75) is 11.9 Å². The first-order valence-electron chi connectivity index (χ1n) is 5.57. The van der Waals surface area contributed by atoms with Crippen molar-refractivity contribution in [2.24, 2.45) is 0 Å². The maximum absolute atomic E-state index is 11.1. The van der Waals surface area contributed by atoms with Crippen molar-refractivity contribution in [3.05, 3.63) is 60.2 Å². The van der Waals surface area contributed by atoms with Gasteiger partial charge in [-0.05, 0) is 29.9 Å². The van der Waals surface area contributed by atoms with Gasteiger partial charge in [0, 0.05) is 0 Å². The molecule has 1 aliphatic heterocycles. The van der Waals surface area contributed by atoms with Crippen molar-refractivity contribution in [3.8, 4) is 0 Å². The molecule has 1 spiro atoms. The summed E-state index contributed by atoms with van der Waals surface area (Å²) < 4.78 is 11.5. The van der Waals surface area contributed by atoms with Crippen LogP contribution in [0.2, 0.25) is 0 Å². The van der Waals surface area contributed by atoms with E-state index in [4.69, 9.17) is 9.47 Å².